The minimum atomic E-state index is 0.389. The van der Waals surface area contributed by atoms with Crippen molar-refractivity contribution in [3.63, 3.8) is 0 Å². The van der Waals surface area contributed by atoms with Gasteiger partial charge in [-0.1, -0.05) is 6.58 Å². The van der Waals surface area contributed by atoms with E-state index in [4.69, 9.17) is 10.5 Å². The maximum Gasteiger partial charge on any atom is 0.103 e. The second-order valence-electron chi connectivity index (χ2n) is 3.94. The summed E-state index contributed by atoms with van der Waals surface area (Å²) in [7, 11) is 0. The van der Waals surface area contributed by atoms with Crippen molar-refractivity contribution in [2.75, 3.05) is 19.8 Å². The smallest absolute Gasteiger partial charge is 0.103 e. The van der Waals surface area contributed by atoms with Crippen LogP contribution in [0.25, 0.3) is 0 Å². The number of dihydropyridines is 1. The Morgan fingerprint density at radius 2 is 2.40 bits per heavy atom. The minimum absolute atomic E-state index is 0.389. The van der Waals surface area contributed by atoms with Gasteiger partial charge < -0.3 is 20.7 Å². The van der Waals surface area contributed by atoms with Gasteiger partial charge in [0, 0.05) is 30.1 Å². The second kappa shape index (κ2) is 3.98. The number of hydrogen-bond acceptors (Lipinski definition) is 4. The van der Waals surface area contributed by atoms with E-state index in [1.54, 1.807) is 0 Å². The molecule has 82 valence electrons. The largest absolute Gasteiger partial charge is 0.385 e. The summed E-state index contributed by atoms with van der Waals surface area (Å²) in [5.41, 5.74) is 7.71. The van der Waals surface area contributed by atoms with Crippen LogP contribution in [0.3, 0.4) is 0 Å². The van der Waals surface area contributed by atoms with Crippen LogP contribution in [0.5, 0.6) is 0 Å². The summed E-state index contributed by atoms with van der Waals surface area (Å²) in [6, 6.07) is 0.389. The van der Waals surface area contributed by atoms with E-state index >= 15 is 0 Å². The molecule has 0 spiro atoms. The molecule has 4 nitrogen and oxygen atoms in total. The quantitative estimate of drug-likeness (QED) is 0.657. The highest BCUT2D eigenvalue weighted by Gasteiger charge is 2.21. The van der Waals surface area contributed by atoms with Gasteiger partial charge in [0.15, 0.2) is 0 Å². The zero-order chi connectivity index (χ0) is 10.8. The number of ether oxygens (including phenoxy) is 1. The van der Waals surface area contributed by atoms with Crippen molar-refractivity contribution in [2.24, 2.45) is 5.73 Å². The standard InChI is InChI=1S/C11H17N3O/c1-8-5-10(6-11(12)13-8)14-3-4-15-7-9(14)2/h5-6,9,13H,1,3-4,7,12H2,2H3/t9-/m1/s1. The molecule has 2 heterocycles. The van der Waals surface area contributed by atoms with Crippen molar-refractivity contribution in [1.82, 2.24) is 10.2 Å². The topological polar surface area (TPSA) is 50.5 Å². The summed E-state index contributed by atoms with van der Waals surface area (Å²) in [6.45, 7) is 8.46. The van der Waals surface area contributed by atoms with Gasteiger partial charge in [0.25, 0.3) is 0 Å². The fourth-order valence-electron chi connectivity index (χ4n) is 1.91. The molecule has 0 unspecified atom stereocenters. The monoisotopic (exact) mass is 207 g/mol. The van der Waals surface area contributed by atoms with Gasteiger partial charge in [-0.05, 0) is 13.0 Å². The van der Waals surface area contributed by atoms with Gasteiger partial charge >= 0.3 is 0 Å². The lowest BCUT2D eigenvalue weighted by atomic mass is 10.1. The number of allylic oxidation sites excluding steroid dienone is 2. The van der Waals surface area contributed by atoms with Crippen molar-refractivity contribution >= 4 is 0 Å². The molecule has 2 aliphatic heterocycles. The Morgan fingerprint density at radius 1 is 1.60 bits per heavy atom. The molecule has 0 aromatic carbocycles. The molecule has 2 aliphatic rings. The fraction of sp³-hybridized carbons (Fsp3) is 0.455. The average molecular weight is 207 g/mol. The molecule has 0 saturated carbocycles. The van der Waals surface area contributed by atoms with Crippen LogP contribution in [0.1, 0.15) is 6.92 Å². The van der Waals surface area contributed by atoms with E-state index in [2.05, 4.69) is 23.7 Å². The van der Waals surface area contributed by atoms with Gasteiger partial charge in [-0.25, -0.2) is 0 Å². The Hall–Kier alpha value is -1.42. The highest BCUT2D eigenvalue weighted by atomic mass is 16.5. The molecule has 0 aromatic rings. The molecule has 4 heteroatoms. The molecule has 0 amide bonds. The number of rotatable bonds is 1. The SMILES string of the molecule is C=C1C=C(N2CCOC[C@H]2C)C=C(N)N1. The van der Waals surface area contributed by atoms with Crippen LogP contribution < -0.4 is 11.1 Å². The zero-order valence-corrected chi connectivity index (χ0v) is 8.99. The molecule has 1 saturated heterocycles. The Balaban J connectivity index is 2.18. The third kappa shape index (κ3) is 2.15. The molecular weight excluding hydrogens is 190 g/mol. The first-order valence-electron chi connectivity index (χ1n) is 5.16. The molecular formula is C11H17N3O. The van der Waals surface area contributed by atoms with Crippen molar-refractivity contribution in [2.45, 2.75) is 13.0 Å². The average Bonchev–Trinajstić information content (AvgIpc) is 2.16. The Labute approximate surface area is 90.1 Å². The summed E-state index contributed by atoms with van der Waals surface area (Å²) in [5.74, 6) is 0.649. The van der Waals surface area contributed by atoms with E-state index in [-0.39, 0.29) is 0 Å². The maximum absolute atomic E-state index is 5.76. The third-order valence-electron chi connectivity index (χ3n) is 2.63. The Bertz CT molecular complexity index is 333. The van der Waals surface area contributed by atoms with Crippen LogP contribution in [0.15, 0.2) is 35.9 Å². The Kier molecular flexibility index (Phi) is 2.68. The van der Waals surface area contributed by atoms with E-state index < -0.39 is 0 Å². The number of nitrogens with two attached hydrogens (primary N) is 1. The third-order valence-corrected chi connectivity index (χ3v) is 2.63. The van der Waals surface area contributed by atoms with Crippen molar-refractivity contribution in [3.05, 3.63) is 35.9 Å². The van der Waals surface area contributed by atoms with Crippen LogP contribution in [0.2, 0.25) is 0 Å². The van der Waals surface area contributed by atoms with Gasteiger partial charge in [0.05, 0.1) is 13.2 Å². The van der Waals surface area contributed by atoms with Crippen LogP contribution in [-0.4, -0.2) is 30.7 Å². The van der Waals surface area contributed by atoms with Crippen LogP contribution in [0.4, 0.5) is 0 Å². The van der Waals surface area contributed by atoms with Gasteiger partial charge in [-0.3, -0.25) is 0 Å². The first kappa shape index (κ1) is 10.1. The summed E-state index contributed by atoms with van der Waals surface area (Å²) < 4.78 is 5.40. The van der Waals surface area contributed by atoms with Gasteiger partial charge in [-0.15, -0.1) is 0 Å². The summed E-state index contributed by atoms with van der Waals surface area (Å²) in [4.78, 5) is 2.29. The fourth-order valence-corrected chi connectivity index (χ4v) is 1.91. The Morgan fingerprint density at radius 3 is 3.07 bits per heavy atom. The molecule has 0 bridgehead atoms. The molecule has 2 rings (SSSR count). The van der Waals surface area contributed by atoms with E-state index in [0.29, 0.717) is 11.9 Å². The highest BCUT2D eigenvalue weighted by Crippen LogP contribution is 2.19. The first-order valence-corrected chi connectivity index (χ1v) is 5.16. The highest BCUT2D eigenvalue weighted by molar-refractivity contribution is 5.35. The minimum Gasteiger partial charge on any atom is -0.385 e. The lowest BCUT2D eigenvalue weighted by molar-refractivity contribution is 0.0186. The molecule has 1 fully saturated rings. The van der Waals surface area contributed by atoms with Crippen molar-refractivity contribution in [3.8, 4) is 0 Å². The molecule has 0 radical (unpaired) electrons. The maximum atomic E-state index is 5.76. The predicted octanol–water partition coefficient (Wildman–Crippen LogP) is 0.508. The van der Waals surface area contributed by atoms with Crippen molar-refractivity contribution < 1.29 is 4.74 Å². The first-order chi connectivity index (χ1) is 7.16. The summed E-state index contributed by atoms with van der Waals surface area (Å²) in [5, 5.41) is 2.97. The molecule has 3 N–H and O–H groups in total. The lowest BCUT2D eigenvalue weighted by Crippen LogP contribution is -2.43. The number of nitrogens with one attached hydrogen (secondary N) is 1. The summed E-state index contributed by atoms with van der Waals surface area (Å²) in [6.07, 6.45) is 3.95. The summed E-state index contributed by atoms with van der Waals surface area (Å²) >= 11 is 0. The van der Waals surface area contributed by atoms with Crippen LogP contribution in [0, 0.1) is 0 Å². The number of nitrogens with zero attached hydrogens (tertiary/aromatic N) is 1. The normalized spacial score (nSPS) is 26.9. The van der Waals surface area contributed by atoms with Gasteiger partial charge in [0.1, 0.15) is 5.82 Å². The van der Waals surface area contributed by atoms with Crippen LogP contribution >= 0.6 is 0 Å². The number of hydrogen-bond donors (Lipinski definition) is 2. The molecule has 1 atom stereocenters. The van der Waals surface area contributed by atoms with Crippen molar-refractivity contribution in [1.29, 1.82) is 0 Å². The lowest BCUT2D eigenvalue weighted by Gasteiger charge is -2.37. The predicted molar refractivity (Wildman–Crippen MR) is 59.6 cm³/mol. The second-order valence-corrected chi connectivity index (χ2v) is 3.94. The molecule has 0 aromatic heterocycles. The van der Waals surface area contributed by atoms with E-state index in [9.17, 15) is 0 Å². The molecule has 15 heavy (non-hydrogen) atoms. The van der Waals surface area contributed by atoms with E-state index in [1.807, 2.05) is 12.2 Å². The van der Waals surface area contributed by atoms with Gasteiger partial charge in [-0.2, -0.15) is 0 Å². The van der Waals surface area contributed by atoms with Crippen LogP contribution in [-0.2, 0) is 4.74 Å². The van der Waals surface area contributed by atoms with Gasteiger partial charge in [0.2, 0.25) is 0 Å². The van der Waals surface area contributed by atoms with E-state index in [1.165, 1.54) is 0 Å². The number of morpholine rings is 1. The zero-order valence-electron chi connectivity index (χ0n) is 8.99. The molecule has 0 aliphatic carbocycles. The van der Waals surface area contributed by atoms with E-state index in [0.717, 1.165) is 31.2 Å².